The predicted molar refractivity (Wildman–Crippen MR) is 77.6 cm³/mol. The average molecular weight is 259 g/mol. The maximum Gasteiger partial charge on any atom is 0.228 e. The van der Waals surface area contributed by atoms with E-state index in [1.807, 2.05) is 45.0 Å². The first-order valence-electron chi connectivity index (χ1n) is 6.29. The summed E-state index contributed by atoms with van der Waals surface area (Å²) in [7, 11) is 0. The summed E-state index contributed by atoms with van der Waals surface area (Å²) in [6.45, 7) is 11.1. The van der Waals surface area contributed by atoms with Crippen LogP contribution in [0.1, 0.15) is 45.2 Å². The van der Waals surface area contributed by atoms with Crippen LogP contribution in [0, 0.1) is 0 Å². The minimum atomic E-state index is -0.500. The van der Waals surface area contributed by atoms with Gasteiger partial charge in [-0.1, -0.05) is 36.4 Å². The summed E-state index contributed by atoms with van der Waals surface area (Å²) in [4.78, 5) is 22.6. The lowest BCUT2D eigenvalue weighted by Crippen LogP contribution is -2.41. The molecule has 1 aromatic rings. The highest BCUT2D eigenvalue weighted by Gasteiger charge is 2.23. The van der Waals surface area contributed by atoms with Crippen LogP contribution < -0.4 is 5.32 Å². The van der Waals surface area contributed by atoms with Crippen LogP contribution in [0.5, 0.6) is 0 Å². The number of allylic oxidation sites excluding steroid dienone is 1. The molecule has 0 saturated heterocycles. The number of hydrogen-bond acceptors (Lipinski definition) is 2. The van der Waals surface area contributed by atoms with Crippen molar-refractivity contribution in [3.8, 4) is 0 Å². The molecule has 0 bridgehead atoms. The molecule has 1 N–H and O–H groups in total. The fourth-order valence-electron chi connectivity index (χ4n) is 1.86. The molecule has 0 atom stereocenters. The second-order valence-corrected chi connectivity index (χ2v) is 5.41. The van der Waals surface area contributed by atoms with E-state index >= 15 is 0 Å². The fraction of sp³-hybridized carbons (Fsp3) is 0.375. The molecule has 0 spiro atoms. The molecule has 102 valence electrons. The molecule has 0 aliphatic rings. The highest BCUT2D eigenvalue weighted by molar-refractivity contribution is 5.97. The lowest BCUT2D eigenvalue weighted by molar-refractivity contribution is -0.128. The standard InChI is InChI=1S/C16H21NO2/c1-11(2)13-6-8-14(9-7-13)16(4,5)17-15(19)10-12(3)18/h6-9H,1,10H2,2-5H3,(H,17,19). The van der Waals surface area contributed by atoms with Crippen LogP contribution >= 0.6 is 0 Å². The molecule has 3 nitrogen and oxygen atoms in total. The number of carbonyl (C=O) groups excluding carboxylic acids is 2. The van der Waals surface area contributed by atoms with E-state index in [0.29, 0.717) is 0 Å². The number of rotatable bonds is 5. The third kappa shape index (κ3) is 4.36. The first-order valence-corrected chi connectivity index (χ1v) is 6.29. The van der Waals surface area contributed by atoms with Gasteiger partial charge in [-0.15, -0.1) is 0 Å². The number of ketones is 1. The smallest absolute Gasteiger partial charge is 0.228 e. The van der Waals surface area contributed by atoms with Crippen LogP contribution in [-0.4, -0.2) is 11.7 Å². The van der Waals surface area contributed by atoms with Gasteiger partial charge in [-0.2, -0.15) is 0 Å². The van der Waals surface area contributed by atoms with Crippen molar-refractivity contribution < 1.29 is 9.59 Å². The SMILES string of the molecule is C=C(C)c1ccc(C(C)(C)NC(=O)CC(C)=O)cc1. The normalized spacial score (nSPS) is 10.9. The van der Waals surface area contributed by atoms with Crippen LogP contribution in [0.15, 0.2) is 30.8 Å². The van der Waals surface area contributed by atoms with Gasteiger partial charge in [0.1, 0.15) is 5.78 Å². The van der Waals surface area contributed by atoms with E-state index in [9.17, 15) is 9.59 Å². The van der Waals surface area contributed by atoms with E-state index < -0.39 is 5.54 Å². The number of benzene rings is 1. The van der Waals surface area contributed by atoms with E-state index in [4.69, 9.17) is 0 Å². The van der Waals surface area contributed by atoms with E-state index in [0.717, 1.165) is 16.7 Å². The first-order chi connectivity index (χ1) is 8.72. The lowest BCUT2D eigenvalue weighted by atomic mass is 9.92. The Bertz CT molecular complexity index is 498. The highest BCUT2D eigenvalue weighted by Crippen LogP contribution is 2.22. The van der Waals surface area contributed by atoms with Gasteiger partial charge < -0.3 is 5.32 Å². The van der Waals surface area contributed by atoms with E-state index in [1.165, 1.54) is 6.92 Å². The Balaban J connectivity index is 2.84. The highest BCUT2D eigenvalue weighted by atomic mass is 16.2. The molecule has 0 radical (unpaired) electrons. The molecule has 19 heavy (non-hydrogen) atoms. The molecule has 0 fully saturated rings. The molecule has 1 aromatic carbocycles. The van der Waals surface area contributed by atoms with Crippen LogP contribution in [0.3, 0.4) is 0 Å². The van der Waals surface area contributed by atoms with E-state index in [2.05, 4.69) is 11.9 Å². The number of carbonyl (C=O) groups is 2. The van der Waals surface area contributed by atoms with Gasteiger partial charge in [0.15, 0.2) is 0 Å². The Kier molecular flexibility index (Phi) is 4.65. The molecule has 3 heteroatoms. The molecular formula is C16H21NO2. The molecule has 1 rings (SSSR count). The molecule has 0 aliphatic carbocycles. The van der Waals surface area contributed by atoms with Gasteiger partial charge in [0.25, 0.3) is 0 Å². The summed E-state index contributed by atoms with van der Waals surface area (Å²) < 4.78 is 0. The largest absolute Gasteiger partial charge is 0.347 e. The number of amides is 1. The van der Waals surface area contributed by atoms with Crippen LogP contribution in [-0.2, 0) is 15.1 Å². The Labute approximate surface area is 114 Å². The van der Waals surface area contributed by atoms with Crippen molar-refractivity contribution in [2.75, 3.05) is 0 Å². The minimum Gasteiger partial charge on any atom is -0.347 e. The fourth-order valence-corrected chi connectivity index (χ4v) is 1.86. The summed E-state index contributed by atoms with van der Waals surface area (Å²) >= 11 is 0. The van der Waals surface area contributed by atoms with Crippen molar-refractivity contribution in [1.29, 1.82) is 0 Å². The second kappa shape index (κ2) is 5.83. The van der Waals surface area contributed by atoms with E-state index in [1.54, 1.807) is 0 Å². The minimum absolute atomic E-state index is 0.0761. The summed E-state index contributed by atoms with van der Waals surface area (Å²) in [6, 6.07) is 7.91. The van der Waals surface area contributed by atoms with Crippen molar-refractivity contribution in [2.24, 2.45) is 0 Å². The predicted octanol–water partition coefficient (Wildman–Crippen LogP) is 3.05. The molecule has 1 amide bonds. The topological polar surface area (TPSA) is 46.2 Å². The van der Waals surface area contributed by atoms with Gasteiger partial charge in [0, 0.05) is 0 Å². The van der Waals surface area contributed by atoms with Gasteiger partial charge in [0.2, 0.25) is 5.91 Å². The zero-order valence-electron chi connectivity index (χ0n) is 12.0. The summed E-state index contributed by atoms with van der Waals surface area (Å²) in [6.07, 6.45) is -0.0761. The summed E-state index contributed by atoms with van der Waals surface area (Å²) in [5.41, 5.74) is 2.58. The maximum absolute atomic E-state index is 11.7. The summed E-state index contributed by atoms with van der Waals surface area (Å²) in [5.74, 6) is -0.382. The molecule has 0 unspecified atom stereocenters. The Hall–Kier alpha value is -1.90. The van der Waals surface area contributed by atoms with Gasteiger partial charge in [-0.05, 0) is 38.8 Å². The average Bonchev–Trinajstić information content (AvgIpc) is 2.27. The van der Waals surface area contributed by atoms with Gasteiger partial charge in [-0.3, -0.25) is 9.59 Å². The maximum atomic E-state index is 11.7. The number of hydrogen-bond donors (Lipinski definition) is 1. The molecule has 0 aromatic heterocycles. The van der Waals surface area contributed by atoms with Crippen molar-refractivity contribution in [2.45, 2.75) is 39.7 Å². The van der Waals surface area contributed by atoms with Crippen molar-refractivity contribution in [1.82, 2.24) is 5.32 Å². The van der Waals surface area contributed by atoms with Crippen LogP contribution in [0.2, 0.25) is 0 Å². The quantitative estimate of drug-likeness (QED) is 0.826. The first kappa shape index (κ1) is 15.2. The Morgan fingerprint density at radius 3 is 2.11 bits per heavy atom. The van der Waals surface area contributed by atoms with Crippen molar-refractivity contribution in [3.05, 3.63) is 42.0 Å². The monoisotopic (exact) mass is 259 g/mol. The van der Waals surface area contributed by atoms with Gasteiger partial charge in [0.05, 0.1) is 12.0 Å². The van der Waals surface area contributed by atoms with Crippen LogP contribution in [0.4, 0.5) is 0 Å². The third-order valence-corrected chi connectivity index (χ3v) is 2.96. The second-order valence-electron chi connectivity index (χ2n) is 5.41. The number of Topliss-reactive ketones (excluding diaryl/α,β-unsaturated/α-hetero) is 1. The van der Waals surface area contributed by atoms with E-state index in [-0.39, 0.29) is 18.1 Å². The van der Waals surface area contributed by atoms with Crippen molar-refractivity contribution >= 4 is 17.3 Å². The van der Waals surface area contributed by atoms with Crippen LogP contribution in [0.25, 0.3) is 5.57 Å². The summed E-state index contributed by atoms with van der Waals surface area (Å²) in [5, 5.41) is 2.87. The Morgan fingerprint density at radius 2 is 1.68 bits per heavy atom. The number of nitrogens with one attached hydrogen (secondary N) is 1. The van der Waals surface area contributed by atoms with Gasteiger partial charge in [-0.25, -0.2) is 0 Å². The molecule has 0 saturated carbocycles. The van der Waals surface area contributed by atoms with Gasteiger partial charge >= 0.3 is 0 Å². The molecule has 0 aliphatic heterocycles. The third-order valence-electron chi connectivity index (χ3n) is 2.96. The molecule has 0 heterocycles. The zero-order valence-corrected chi connectivity index (χ0v) is 12.0. The molecular weight excluding hydrogens is 238 g/mol. The lowest BCUT2D eigenvalue weighted by Gasteiger charge is -2.27. The zero-order chi connectivity index (χ0) is 14.6. The van der Waals surface area contributed by atoms with Crippen molar-refractivity contribution in [3.63, 3.8) is 0 Å². The Morgan fingerprint density at radius 1 is 1.16 bits per heavy atom.